The molecule has 1 aliphatic carbocycles. The molecule has 49 heavy (non-hydrogen) atoms. The van der Waals surface area contributed by atoms with Gasteiger partial charge in [0, 0.05) is 34.8 Å². The van der Waals surface area contributed by atoms with Crippen molar-refractivity contribution >= 4 is 38.6 Å². The van der Waals surface area contributed by atoms with E-state index in [0.717, 1.165) is 10.9 Å². The number of nitrogens with zero attached hydrogens (tertiary/aromatic N) is 1. The van der Waals surface area contributed by atoms with Crippen molar-refractivity contribution in [2.75, 3.05) is 6.61 Å². The van der Waals surface area contributed by atoms with Gasteiger partial charge in [0.2, 0.25) is 10.0 Å². The molecule has 0 fully saturated rings. The molecule has 11 heteroatoms. The number of para-hydroxylation sites is 1. The summed E-state index contributed by atoms with van der Waals surface area (Å²) in [5, 5.41) is 3.32. The van der Waals surface area contributed by atoms with Crippen LogP contribution in [0.3, 0.4) is 0 Å². The van der Waals surface area contributed by atoms with Crippen LogP contribution in [0.4, 0.5) is 9.18 Å². The number of carbonyl (C=O) groups is 2. The molecule has 1 heterocycles. The van der Waals surface area contributed by atoms with Crippen LogP contribution in [0.25, 0.3) is 16.5 Å². The number of benzene rings is 3. The minimum Gasteiger partial charge on any atom is -0.489 e. The molecule has 0 saturated carbocycles. The lowest BCUT2D eigenvalue weighted by molar-refractivity contribution is -0.142. The first-order valence-electron chi connectivity index (χ1n) is 16.1. The van der Waals surface area contributed by atoms with Gasteiger partial charge >= 0.3 is 12.1 Å². The number of nitrogens with one attached hydrogen (secondary N) is 1. The summed E-state index contributed by atoms with van der Waals surface area (Å²) in [5.74, 6) is -0.306. The second-order valence-electron chi connectivity index (χ2n) is 13.0. The molecule has 0 aliphatic heterocycles. The Labute approximate surface area is 286 Å². The zero-order chi connectivity index (χ0) is 35.4. The number of hydrogen-bond donors (Lipinski definition) is 1. The predicted octanol–water partition coefficient (Wildman–Crippen LogP) is 7.47. The SMILES string of the molecule is CCOC(=O)Cc1ccccc1OCc1ccc2ccn(S(=O)(=O)C3(C)C=CC(c4cccc(CNC(=O)OC(C)(C)C)c4F)=CC3)c2c1. The Morgan fingerprint density at radius 1 is 1.02 bits per heavy atom. The van der Waals surface area contributed by atoms with E-state index in [1.165, 1.54) is 3.97 Å². The maximum Gasteiger partial charge on any atom is 0.407 e. The maximum absolute atomic E-state index is 15.6. The molecular weight excluding hydrogens is 647 g/mol. The number of alkyl carbamates (subject to hydrolysis) is 1. The highest BCUT2D eigenvalue weighted by molar-refractivity contribution is 7.91. The summed E-state index contributed by atoms with van der Waals surface area (Å²) in [6.07, 6.45) is 6.03. The van der Waals surface area contributed by atoms with Crippen LogP contribution in [-0.2, 0) is 43.9 Å². The van der Waals surface area contributed by atoms with Gasteiger partial charge in [-0.15, -0.1) is 0 Å². The van der Waals surface area contributed by atoms with Crippen LogP contribution in [-0.4, -0.2) is 41.4 Å². The van der Waals surface area contributed by atoms with Crippen molar-refractivity contribution in [3.05, 3.63) is 119 Å². The van der Waals surface area contributed by atoms with Crippen LogP contribution in [0, 0.1) is 5.82 Å². The Bertz CT molecular complexity index is 2040. The molecule has 3 aromatic carbocycles. The van der Waals surface area contributed by atoms with Crippen molar-refractivity contribution in [3.63, 3.8) is 0 Å². The summed E-state index contributed by atoms with van der Waals surface area (Å²) in [4.78, 5) is 24.2. The summed E-state index contributed by atoms with van der Waals surface area (Å²) in [6.45, 7) is 9.01. The molecular formula is C38H41FN2O7S. The second-order valence-corrected chi connectivity index (χ2v) is 15.3. The fourth-order valence-electron chi connectivity index (χ4n) is 5.52. The van der Waals surface area contributed by atoms with Gasteiger partial charge in [-0.05, 0) is 70.4 Å². The Morgan fingerprint density at radius 3 is 2.49 bits per heavy atom. The lowest BCUT2D eigenvalue weighted by atomic mass is 9.92. The average molecular weight is 689 g/mol. The lowest BCUT2D eigenvalue weighted by Gasteiger charge is -2.29. The van der Waals surface area contributed by atoms with Crippen LogP contribution in [0.5, 0.6) is 5.75 Å². The van der Waals surface area contributed by atoms with Crippen LogP contribution in [0.1, 0.15) is 63.3 Å². The zero-order valence-electron chi connectivity index (χ0n) is 28.3. The van der Waals surface area contributed by atoms with Crippen LogP contribution in [0.15, 0.2) is 91.2 Å². The van der Waals surface area contributed by atoms with Gasteiger partial charge in [0.25, 0.3) is 0 Å². The number of rotatable bonds is 11. The highest BCUT2D eigenvalue weighted by atomic mass is 32.2. The Balaban J connectivity index is 1.32. The molecule has 9 nitrogen and oxygen atoms in total. The van der Waals surface area contributed by atoms with Crippen molar-refractivity contribution in [1.29, 1.82) is 0 Å². The molecule has 1 N–H and O–H groups in total. The van der Waals surface area contributed by atoms with Crippen LogP contribution < -0.4 is 10.1 Å². The summed E-state index contributed by atoms with van der Waals surface area (Å²) in [5.41, 5.74) is 2.39. The monoisotopic (exact) mass is 688 g/mol. The number of carbonyl (C=O) groups excluding carboxylic acids is 2. The van der Waals surface area contributed by atoms with Gasteiger partial charge in [0.05, 0.1) is 18.5 Å². The predicted molar refractivity (Wildman–Crippen MR) is 187 cm³/mol. The molecule has 1 aliphatic rings. The smallest absolute Gasteiger partial charge is 0.407 e. The summed E-state index contributed by atoms with van der Waals surface area (Å²) < 4.78 is 60.3. The summed E-state index contributed by atoms with van der Waals surface area (Å²) in [7, 11) is -3.97. The molecule has 4 aromatic rings. The highest BCUT2D eigenvalue weighted by Crippen LogP contribution is 2.36. The molecule has 0 radical (unpaired) electrons. The van der Waals surface area contributed by atoms with E-state index in [2.05, 4.69) is 5.32 Å². The number of amides is 1. The Kier molecular flexibility index (Phi) is 10.3. The molecule has 1 aromatic heterocycles. The zero-order valence-corrected chi connectivity index (χ0v) is 29.1. The minimum atomic E-state index is -3.97. The second kappa shape index (κ2) is 14.3. The number of aromatic nitrogens is 1. The first-order valence-corrected chi connectivity index (χ1v) is 17.5. The molecule has 5 rings (SSSR count). The van der Waals surface area contributed by atoms with E-state index in [-0.39, 0.29) is 37.5 Å². The fraction of sp³-hybridized carbons (Fsp3) is 0.316. The van der Waals surface area contributed by atoms with E-state index < -0.39 is 32.3 Å². The van der Waals surface area contributed by atoms with Gasteiger partial charge in [0.1, 0.15) is 28.5 Å². The van der Waals surface area contributed by atoms with Gasteiger partial charge < -0.3 is 19.5 Å². The van der Waals surface area contributed by atoms with Gasteiger partial charge in [0.15, 0.2) is 0 Å². The third-order valence-electron chi connectivity index (χ3n) is 8.13. The number of ether oxygens (including phenoxy) is 3. The van der Waals surface area contributed by atoms with Crippen molar-refractivity contribution in [2.24, 2.45) is 0 Å². The third-order valence-corrected chi connectivity index (χ3v) is 10.4. The van der Waals surface area contributed by atoms with Crippen molar-refractivity contribution in [2.45, 2.75) is 71.0 Å². The number of hydrogen-bond acceptors (Lipinski definition) is 7. The fourth-order valence-corrected chi connectivity index (χ4v) is 7.14. The third kappa shape index (κ3) is 8.05. The van der Waals surface area contributed by atoms with Crippen molar-refractivity contribution in [1.82, 2.24) is 9.29 Å². The van der Waals surface area contributed by atoms with Gasteiger partial charge in [-0.2, -0.15) is 0 Å². The Hall–Kier alpha value is -4.90. The van der Waals surface area contributed by atoms with Crippen molar-refractivity contribution < 1.29 is 36.6 Å². The lowest BCUT2D eigenvalue weighted by Crippen LogP contribution is -2.38. The van der Waals surface area contributed by atoms with E-state index >= 15 is 4.39 Å². The quantitative estimate of drug-likeness (QED) is 0.163. The molecule has 0 bridgehead atoms. The number of esters is 1. The number of halogens is 1. The molecule has 258 valence electrons. The molecule has 0 saturated heterocycles. The first-order chi connectivity index (χ1) is 23.2. The van der Waals surface area contributed by atoms with E-state index in [1.807, 2.05) is 24.3 Å². The highest BCUT2D eigenvalue weighted by Gasteiger charge is 2.39. The maximum atomic E-state index is 15.6. The van der Waals surface area contributed by atoms with Crippen LogP contribution in [0.2, 0.25) is 0 Å². The van der Waals surface area contributed by atoms with Crippen molar-refractivity contribution in [3.8, 4) is 5.75 Å². The molecule has 1 amide bonds. The largest absolute Gasteiger partial charge is 0.489 e. The van der Waals surface area contributed by atoms with E-state index in [9.17, 15) is 18.0 Å². The normalized spacial score (nSPS) is 16.2. The van der Waals surface area contributed by atoms with Gasteiger partial charge in [-0.3, -0.25) is 4.79 Å². The number of allylic oxidation sites excluding steroid dienone is 3. The summed E-state index contributed by atoms with van der Waals surface area (Å²) in [6, 6.07) is 19.4. The van der Waals surface area contributed by atoms with Gasteiger partial charge in [-0.25, -0.2) is 21.6 Å². The van der Waals surface area contributed by atoms with E-state index in [4.69, 9.17) is 14.2 Å². The molecule has 1 unspecified atom stereocenters. The topological polar surface area (TPSA) is 113 Å². The first kappa shape index (κ1) is 35.4. The minimum absolute atomic E-state index is 0.0640. The average Bonchev–Trinajstić information content (AvgIpc) is 3.48. The van der Waals surface area contributed by atoms with Crippen LogP contribution >= 0.6 is 0 Å². The number of fused-ring (bicyclic) bond motifs is 1. The molecule has 0 spiro atoms. The molecule has 1 atom stereocenters. The van der Waals surface area contributed by atoms with E-state index in [0.29, 0.717) is 34.6 Å². The summed E-state index contributed by atoms with van der Waals surface area (Å²) >= 11 is 0. The van der Waals surface area contributed by atoms with E-state index in [1.54, 1.807) is 102 Å². The standard InChI is InChI=1S/C38H41FN2O7S/c1-6-46-34(42)23-29-10-7-8-13-33(29)47-25-26-14-15-28-18-21-41(32(28)22-26)49(44,45)38(5)19-16-27(17-20-38)31-12-9-11-30(35(31)39)24-40-36(43)48-37(2,3)4/h7-19,21-22H,6,20,23-25H2,1-5H3,(H,40,43). The Morgan fingerprint density at radius 2 is 1.78 bits per heavy atom. The van der Waals surface area contributed by atoms with Gasteiger partial charge in [-0.1, -0.05) is 66.8 Å².